The molecule has 0 bridgehead atoms. The van der Waals surface area contributed by atoms with Crippen LogP contribution in [-0.4, -0.2) is 35.7 Å². The summed E-state index contributed by atoms with van der Waals surface area (Å²) in [7, 11) is 0. The quantitative estimate of drug-likeness (QED) is 0.807. The van der Waals surface area contributed by atoms with E-state index in [9.17, 15) is 5.11 Å². The van der Waals surface area contributed by atoms with Gasteiger partial charge in [0.1, 0.15) is 5.75 Å². The normalized spacial score (nSPS) is 18.7. The van der Waals surface area contributed by atoms with Crippen LogP contribution in [0.5, 0.6) is 5.75 Å². The van der Waals surface area contributed by atoms with Gasteiger partial charge in [-0.3, -0.25) is 0 Å². The predicted octanol–water partition coefficient (Wildman–Crippen LogP) is 3.93. The van der Waals surface area contributed by atoms with Gasteiger partial charge in [-0.1, -0.05) is 6.92 Å². The van der Waals surface area contributed by atoms with E-state index in [2.05, 4.69) is 37.1 Å². The van der Waals surface area contributed by atoms with E-state index in [4.69, 9.17) is 0 Å². The number of piperidine rings is 1. The molecule has 2 rings (SSSR count). The average Bonchev–Trinajstić information content (AvgIpc) is 2.46. The Morgan fingerprint density at radius 3 is 2.52 bits per heavy atom. The first-order chi connectivity index (χ1) is 10.0. The number of phenols is 1. The van der Waals surface area contributed by atoms with Crippen molar-refractivity contribution in [2.24, 2.45) is 5.92 Å². The molecule has 21 heavy (non-hydrogen) atoms. The van der Waals surface area contributed by atoms with Crippen molar-refractivity contribution in [3.8, 4) is 5.75 Å². The summed E-state index contributed by atoms with van der Waals surface area (Å²) in [5.41, 5.74) is 3.22. The Hall–Kier alpha value is -1.22. The summed E-state index contributed by atoms with van der Waals surface area (Å²) in [5.74, 6) is 1.13. The summed E-state index contributed by atoms with van der Waals surface area (Å²) in [6.07, 6.45) is 3.82. The summed E-state index contributed by atoms with van der Waals surface area (Å²) >= 11 is 0. The molecule has 118 valence electrons. The van der Waals surface area contributed by atoms with E-state index in [0.29, 0.717) is 11.8 Å². The van der Waals surface area contributed by atoms with Gasteiger partial charge in [0.15, 0.2) is 0 Å². The van der Waals surface area contributed by atoms with Crippen LogP contribution in [0, 0.1) is 19.8 Å². The zero-order valence-corrected chi connectivity index (χ0v) is 13.9. The van der Waals surface area contributed by atoms with Crippen LogP contribution in [0.4, 0.5) is 5.69 Å². The first-order valence-corrected chi connectivity index (χ1v) is 8.30. The highest BCUT2D eigenvalue weighted by Crippen LogP contribution is 2.28. The van der Waals surface area contributed by atoms with Gasteiger partial charge in [0.2, 0.25) is 0 Å². The summed E-state index contributed by atoms with van der Waals surface area (Å²) < 4.78 is 0. The van der Waals surface area contributed by atoms with E-state index < -0.39 is 0 Å². The molecule has 1 aromatic carbocycles. The van der Waals surface area contributed by atoms with E-state index >= 15 is 0 Å². The van der Waals surface area contributed by atoms with Crippen molar-refractivity contribution in [1.82, 2.24) is 4.90 Å². The molecule has 0 aliphatic carbocycles. The molecule has 0 amide bonds. The van der Waals surface area contributed by atoms with Gasteiger partial charge in [-0.15, -0.1) is 0 Å². The second kappa shape index (κ2) is 7.17. The molecule has 3 nitrogen and oxygen atoms in total. The molecule has 1 aromatic rings. The zero-order chi connectivity index (χ0) is 15.4. The van der Waals surface area contributed by atoms with Crippen molar-refractivity contribution in [2.45, 2.75) is 53.0 Å². The Morgan fingerprint density at radius 2 is 1.90 bits per heavy atom. The maximum atomic E-state index is 9.75. The molecule has 3 heteroatoms. The van der Waals surface area contributed by atoms with Gasteiger partial charge in [-0.05, 0) is 88.8 Å². The third kappa shape index (κ3) is 4.13. The van der Waals surface area contributed by atoms with Crippen molar-refractivity contribution < 1.29 is 5.11 Å². The van der Waals surface area contributed by atoms with Crippen molar-refractivity contribution in [3.05, 3.63) is 23.3 Å². The number of hydrogen-bond donors (Lipinski definition) is 2. The van der Waals surface area contributed by atoms with E-state index in [-0.39, 0.29) is 0 Å². The lowest BCUT2D eigenvalue weighted by atomic mass is 9.90. The van der Waals surface area contributed by atoms with Gasteiger partial charge in [0, 0.05) is 11.7 Å². The number of nitrogens with zero attached hydrogens (tertiary/aromatic N) is 1. The van der Waals surface area contributed by atoms with E-state index in [1.165, 1.54) is 38.9 Å². The zero-order valence-electron chi connectivity index (χ0n) is 13.9. The lowest BCUT2D eigenvalue weighted by Gasteiger charge is -2.35. The third-order valence-corrected chi connectivity index (χ3v) is 4.81. The summed E-state index contributed by atoms with van der Waals surface area (Å²) in [6.45, 7) is 12.3. The number of aromatic hydroxyl groups is 1. The summed E-state index contributed by atoms with van der Waals surface area (Å²) in [5, 5.41) is 13.4. The van der Waals surface area contributed by atoms with Gasteiger partial charge < -0.3 is 15.3 Å². The van der Waals surface area contributed by atoms with Crippen LogP contribution in [0.1, 0.15) is 44.2 Å². The summed E-state index contributed by atoms with van der Waals surface area (Å²) in [4.78, 5) is 2.58. The molecule has 0 radical (unpaired) electrons. The summed E-state index contributed by atoms with van der Waals surface area (Å²) in [6, 6.07) is 4.40. The van der Waals surface area contributed by atoms with Crippen molar-refractivity contribution in [2.75, 3.05) is 25.0 Å². The molecule has 0 aromatic heterocycles. The fourth-order valence-corrected chi connectivity index (χ4v) is 3.31. The highest BCUT2D eigenvalue weighted by atomic mass is 16.3. The Balaban J connectivity index is 1.93. The van der Waals surface area contributed by atoms with Crippen LogP contribution in [0.2, 0.25) is 0 Å². The number of nitrogens with one attached hydrogen (secondary N) is 1. The van der Waals surface area contributed by atoms with Gasteiger partial charge in [0.05, 0.1) is 0 Å². The fraction of sp³-hybridized carbons (Fsp3) is 0.667. The molecular weight excluding hydrogens is 260 g/mol. The molecule has 1 saturated heterocycles. The minimum atomic E-state index is 0.388. The van der Waals surface area contributed by atoms with Gasteiger partial charge >= 0.3 is 0 Å². The second-order valence-electron chi connectivity index (χ2n) is 6.57. The highest BCUT2D eigenvalue weighted by molar-refractivity contribution is 5.57. The van der Waals surface area contributed by atoms with Crippen LogP contribution >= 0.6 is 0 Å². The van der Waals surface area contributed by atoms with Crippen molar-refractivity contribution in [1.29, 1.82) is 0 Å². The van der Waals surface area contributed by atoms with E-state index in [1.807, 2.05) is 13.0 Å². The Bertz CT molecular complexity index is 465. The topological polar surface area (TPSA) is 35.5 Å². The minimum Gasteiger partial charge on any atom is -0.508 e. The van der Waals surface area contributed by atoms with Crippen LogP contribution in [0.25, 0.3) is 0 Å². The van der Waals surface area contributed by atoms with E-state index in [0.717, 1.165) is 22.7 Å². The van der Waals surface area contributed by atoms with E-state index in [1.54, 1.807) is 0 Å². The maximum absolute atomic E-state index is 9.75. The van der Waals surface area contributed by atoms with Crippen molar-refractivity contribution >= 4 is 5.69 Å². The molecule has 1 atom stereocenters. The van der Waals surface area contributed by atoms with Gasteiger partial charge in [-0.2, -0.15) is 0 Å². The number of anilines is 1. The highest BCUT2D eigenvalue weighted by Gasteiger charge is 2.23. The number of likely N-dealkylation sites (tertiary alicyclic amines) is 1. The Kier molecular flexibility index (Phi) is 5.51. The van der Waals surface area contributed by atoms with Gasteiger partial charge in [-0.25, -0.2) is 0 Å². The standard InChI is InChI=1S/C18H30N2O/c1-5-8-20-9-6-16(7-10-20)15(4)19-17-11-14(3)18(21)12-13(17)2/h11-12,15-16,19,21H,5-10H2,1-4H3. The molecule has 1 fully saturated rings. The molecular formula is C18H30N2O. The lowest BCUT2D eigenvalue weighted by molar-refractivity contribution is 0.176. The number of benzene rings is 1. The average molecular weight is 290 g/mol. The molecule has 1 unspecified atom stereocenters. The van der Waals surface area contributed by atoms with Crippen LogP contribution in [0.15, 0.2) is 12.1 Å². The maximum Gasteiger partial charge on any atom is 0.118 e. The molecule has 0 spiro atoms. The molecule has 1 aliphatic rings. The molecule has 1 aliphatic heterocycles. The van der Waals surface area contributed by atoms with Crippen molar-refractivity contribution in [3.63, 3.8) is 0 Å². The molecule has 0 saturated carbocycles. The SMILES string of the molecule is CCCN1CCC(C(C)Nc2cc(C)c(O)cc2C)CC1. The Morgan fingerprint density at radius 1 is 1.24 bits per heavy atom. The Labute approximate surface area is 129 Å². The smallest absolute Gasteiger partial charge is 0.118 e. The van der Waals surface area contributed by atoms with Crippen LogP contribution < -0.4 is 5.32 Å². The first-order valence-electron chi connectivity index (χ1n) is 8.30. The second-order valence-corrected chi connectivity index (χ2v) is 6.57. The van der Waals surface area contributed by atoms with Crippen LogP contribution in [-0.2, 0) is 0 Å². The molecule has 2 N–H and O–H groups in total. The predicted molar refractivity (Wildman–Crippen MR) is 90.1 cm³/mol. The largest absolute Gasteiger partial charge is 0.508 e. The lowest BCUT2D eigenvalue weighted by Crippen LogP contribution is -2.39. The fourth-order valence-electron chi connectivity index (χ4n) is 3.31. The number of phenolic OH excluding ortho intramolecular Hbond substituents is 1. The monoisotopic (exact) mass is 290 g/mol. The minimum absolute atomic E-state index is 0.388. The molecule has 1 heterocycles. The van der Waals surface area contributed by atoms with Crippen LogP contribution in [0.3, 0.4) is 0 Å². The van der Waals surface area contributed by atoms with Gasteiger partial charge in [0.25, 0.3) is 0 Å². The third-order valence-electron chi connectivity index (χ3n) is 4.81. The first kappa shape index (κ1) is 16.2. The number of hydrogen-bond acceptors (Lipinski definition) is 3. The number of rotatable bonds is 5. The number of aryl methyl sites for hydroxylation is 2.